The van der Waals surface area contributed by atoms with Gasteiger partial charge >= 0.3 is 0 Å². The second-order valence-electron chi connectivity index (χ2n) is 9.29. The van der Waals surface area contributed by atoms with Crippen LogP contribution in [0.15, 0.2) is 42.7 Å². The average Bonchev–Trinajstić information content (AvgIpc) is 3.26. The van der Waals surface area contributed by atoms with Gasteiger partial charge in [-0.25, -0.2) is 9.37 Å². The number of fused-ring (bicyclic) bond motifs is 5. The van der Waals surface area contributed by atoms with Crippen LogP contribution >= 0.6 is 0 Å². The van der Waals surface area contributed by atoms with E-state index in [9.17, 15) is 9.18 Å². The SMILES string of the molecule is O=C1CCC[C@H]2[C@@H]3C[C@@H](CN(c4nccc5[nH]ncc45)C3)[C@H](Cc3cccc(F)c3)N12. The third-order valence-electron chi connectivity index (χ3n) is 7.48. The lowest BCUT2D eigenvalue weighted by Crippen LogP contribution is -2.65. The molecule has 160 valence electrons. The number of pyridine rings is 1. The highest BCUT2D eigenvalue weighted by molar-refractivity contribution is 5.89. The highest BCUT2D eigenvalue weighted by Gasteiger charge is 2.49. The number of hydrogen-bond acceptors (Lipinski definition) is 4. The molecule has 1 aromatic carbocycles. The van der Waals surface area contributed by atoms with E-state index >= 15 is 0 Å². The van der Waals surface area contributed by atoms with Gasteiger partial charge < -0.3 is 9.80 Å². The fourth-order valence-corrected chi connectivity index (χ4v) is 6.22. The summed E-state index contributed by atoms with van der Waals surface area (Å²) in [6.45, 7) is 1.76. The summed E-state index contributed by atoms with van der Waals surface area (Å²) < 4.78 is 13.9. The van der Waals surface area contributed by atoms with Gasteiger partial charge in [0.1, 0.15) is 11.6 Å². The minimum absolute atomic E-state index is 0.0993. The van der Waals surface area contributed by atoms with Gasteiger partial charge in [-0.05, 0) is 61.3 Å². The van der Waals surface area contributed by atoms with Crippen LogP contribution in [0.4, 0.5) is 10.2 Å². The molecule has 3 aromatic rings. The molecule has 0 aliphatic carbocycles. The molecule has 0 radical (unpaired) electrons. The molecular formula is C24H26FN5O. The minimum Gasteiger partial charge on any atom is -0.355 e. The van der Waals surface area contributed by atoms with Crippen LogP contribution < -0.4 is 4.90 Å². The first-order valence-electron chi connectivity index (χ1n) is 11.3. The Morgan fingerprint density at radius 1 is 1.19 bits per heavy atom. The van der Waals surface area contributed by atoms with E-state index in [1.54, 1.807) is 12.1 Å². The van der Waals surface area contributed by atoms with Crippen molar-refractivity contribution >= 4 is 22.6 Å². The van der Waals surface area contributed by atoms with Gasteiger partial charge in [-0.1, -0.05) is 12.1 Å². The van der Waals surface area contributed by atoms with Crippen molar-refractivity contribution in [3.8, 4) is 0 Å². The molecule has 0 saturated carbocycles. The molecule has 0 unspecified atom stereocenters. The fraction of sp³-hybridized carbons (Fsp3) is 0.458. The van der Waals surface area contributed by atoms with E-state index in [-0.39, 0.29) is 23.8 Å². The van der Waals surface area contributed by atoms with E-state index < -0.39 is 0 Å². The Bertz CT molecular complexity index is 1130. The molecule has 6 rings (SSSR count). The molecule has 3 aliphatic heterocycles. The lowest BCUT2D eigenvalue weighted by Gasteiger charge is -2.57. The van der Waals surface area contributed by atoms with Gasteiger partial charge in [-0.15, -0.1) is 0 Å². The number of hydrogen-bond donors (Lipinski definition) is 1. The smallest absolute Gasteiger partial charge is 0.223 e. The van der Waals surface area contributed by atoms with Gasteiger partial charge in [0.15, 0.2) is 0 Å². The van der Waals surface area contributed by atoms with Crippen LogP contribution in [0.3, 0.4) is 0 Å². The van der Waals surface area contributed by atoms with Crippen LogP contribution in [-0.2, 0) is 11.2 Å². The number of aromatic amines is 1. The first kappa shape index (κ1) is 18.8. The standard InChI is InChI=1S/C24H26FN5O/c25-18-4-1-3-15(9-18)10-22-17-11-16(21-5-2-6-23(31)30(21)22)13-29(14-17)24-19-12-27-28-20(19)7-8-26-24/h1,3-4,7-9,12,16-17,21-22H,2,5-6,10-11,13-14H2,(H,27,28)/t16-,17+,21+,22+/m1/s1. The average molecular weight is 420 g/mol. The maximum atomic E-state index is 13.9. The summed E-state index contributed by atoms with van der Waals surface area (Å²) in [7, 11) is 0. The Labute approximate surface area is 180 Å². The number of carbonyl (C=O) groups excluding carboxylic acids is 1. The van der Waals surface area contributed by atoms with Crippen molar-refractivity contribution in [1.82, 2.24) is 20.1 Å². The Balaban J connectivity index is 1.37. The molecule has 1 N–H and O–H groups in total. The van der Waals surface area contributed by atoms with E-state index in [0.29, 0.717) is 24.7 Å². The molecule has 31 heavy (non-hydrogen) atoms. The normalized spacial score (nSPS) is 28.1. The van der Waals surface area contributed by atoms with Crippen LogP contribution in [0.2, 0.25) is 0 Å². The Morgan fingerprint density at radius 3 is 3.00 bits per heavy atom. The predicted molar refractivity (Wildman–Crippen MR) is 116 cm³/mol. The van der Waals surface area contributed by atoms with Crippen LogP contribution in [-0.4, -0.2) is 51.2 Å². The molecule has 7 heteroatoms. The molecule has 0 spiro atoms. The van der Waals surface area contributed by atoms with Crippen LogP contribution in [0.25, 0.3) is 10.9 Å². The van der Waals surface area contributed by atoms with E-state index in [2.05, 4.69) is 20.0 Å². The highest BCUT2D eigenvalue weighted by atomic mass is 19.1. The topological polar surface area (TPSA) is 65.1 Å². The molecule has 3 aliphatic rings. The van der Waals surface area contributed by atoms with E-state index in [1.165, 1.54) is 6.07 Å². The van der Waals surface area contributed by atoms with Crippen molar-refractivity contribution < 1.29 is 9.18 Å². The number of benzene rings is 1. The second kappa shape index (κ2) is 7.32. The van der Waals surface area contributed by atoms with Crippen molar-refractivity contribution in [3.63, 3.8) is 0 Å². The molecule has 5 heterocycles. The van der Waals surface area contributed by atoms with Gasteiger partial charge in [-0.3, -0.25) is 9.89 Å². The van der Waals surface area contributed by atoms with Gasteiger partial charge in [0.2, 0.25) is 5.91 Å². The number of aromatic nitrogens is 3. The van der Waals surface area contributed by atoms with E-state index in [4.69, 9.17) is 4.98 Å². The predicted octanol–water partition coefficient (Wildman–Crippen LogP) is 3.55. The maximum absolute atomic E-state index is 13.9. The number of nitrogens with one attached hydrogen (secondary N) is 1. The lowest BCUT2D eigenvalue weighted by molar-refractivity contribution is -0.148. The quantitative estimate of drug-likeness (QED) is 0.705. The van der Waals surface area contributed by atoms with Crippen molar-refractivity contribution in [3.05, 3.63) is 54.1 Å². The summed E-state index contributed by atoms with van der Waals surface area (Å²) in [6.07, 6.45) is 8.16. The van der Waals surface area contributed by atoms with Gasteiger partial charge in [0.05, 0.1) is 17.1 Å². The Hall–Kier alpha value is -2.96. The number of halogens is 1. The first-order valence-corrected chi connectivity index (χ1v) is 11.3. The van der Waals surface area contributed by atoms with Crippen LogP contribution in [0, 0.1) is 17.7 Å². The molecule has 4 atom stereocenters. The van der Waals surface area contributed by atoms with Gasteiger partial charge in [0, 0.05) is 37.8 Å². The number of anilines is 1. The molecule has 6 nitrogen and oxygen atoms in total. The molecular weight excluding hydrogens is 393 g/mol. The molecule has 2 aromatic heterocycles. The van der Waals surface area contributed by atoms with E-state index in [1.807, 2.05) is 24.5 Å². The monoisotopic (exact) mass is 419 g/mol. The fourth-order valence-electron chi connectivity index (χ4n) is 6.22. The molecule has 3 saturated heterocycles. The van der Waals surface area contributed by atoms with Crippen molar-refractivity contribution in [2.24, 2.45) is 11.8 Å². The molecule has 1 amide bonds. The number of nitrogens with zero attached hydrogens (tertiary/aromatic N) is 4. The number of carbonyl (C=O) groups is 1. The Morgan fingerprint density at radius 2 is 2.10 bits per heavy atom. The van der Waals surface area contributed by atoms with Crippen LogP contribution in [0.5, 0.6) is 0 Å². The van der Waals surface area contributed by atoms with Crippen molar-refractivity contribution in [1.29, 1.82) is 0 Å². The summed E-state index contributed by atoms with van der Waals surface area (Å²) in [5.74, 6) is 1.81. The minimum atomic E-state index is -0.214. The van der Waals surface area contributed by atoms with Crippen molar-refractivity contribution in [2.75, 3.05) is 18.0 Å². The summed E-state index contributed by atoms with van der Waals surface area (Å²) in [6, 6.07) is 9.16. The number of piperidine rings is 3. The first-order chi connectivity index (χ1) is 15.2. The molecule has 2 bridgehead atoms. The number of H-pyrrole nitrogens is 1. The largest absolute Gasteiger partial charge is 0.355 e. The lowest BCUT2D eigenvalue weighted by atomic mass is 9.70. The van der Waals surface area contributed by atoms with E-state index in [0.717, 1.165) is 54.6 Å². The third kappa shape index (κ3) is 3.18. The summed E-state index contributed by atoms with van der Waals surface area (Å²) in [5.41, 5.74) is 1.96. The summed E-state index contributed by atoms with van der Waals surface area (Å²) in [4.78, 5) is 22.3. The zero-order valence-corrected chi connectivity index (χ0v) is 17.4. The van der Waals surface area contributed by atoms with Crippen molar-refractivity contribution in [2.45, 2.75) is 44.2 Å². The third-order valence-corrected chi connectivity index (χ3v) is 7.48. The highest BCUT2D eigenvalue weighted by Crippen LogP contribution is 2.44. The maximum Gasteiger partial charge on any atom is 0.223 e. The zero-order chi connectivity index (χ0) is 20.9. The summed E-state index contributed by atoms with van der Waals surface area (Å²) in [5, 5.41) is 8.29. The molecule has 3 fully saturated rings. The summed E-state index contributed by atoms with van der Waals surface area (Å²) >= 11 is 0. The number of amides is 1. The second-order valence-corrected chi connectivity index (χ2v) is 9.29. The van der Waals surface area contributed by atoms with Gasteiger partial charge in [-0.2, -0.15) is 5.10 Å². The number of rotatable bonds is 3. The van der Waals surface area contributed by atoms with Crippen LogP contribution in [0.1, 0.15) is 31.2 Å². The zero-order valence-electron chi connectivity index (χ0n) is 17.4. The Kier molecular flexibility index (Phi) is 4.44. The van der Waals surface area contributed by atoms with Gasteiger partial charge in [0.25, 0.3) is 0 Å².